The highest BCUT2D eigenvalue weighted by Crippen LogP contribution is 2.34. The van der Waals surface area contributed by atoms with Crippen molar-refractivity contribution in [1.82, 2.24) is 30.2 Å². The van der Waals surface area contributed by atoms with Crippen LogP contribution in [-0.2, 0) is 19.4 Å². The van der Waals surface area contributed by atoms with Crippen LogP contribution in [0.4, 0.5) is 20.5 Å². The van der Waals surface area contributed by atoms with Crippen molar-refractivity contribution in [3.63, 3.8) is 0 Å². The molecule has 0 saturated heterocycles. The minimum atomic E-state index is -0.628. The molecule has 1 fully saturated rings. The maximum absolute atomic E-state index is 14.8. The van der Waals surface area contributed by atoms with Crippen molar-refractivity contribution in [3.8, 4) is 11.3 Å². The van der Waals surface area contributed by atoms with Gasteiger partial charge in [-0.25, -0.2) is 28.7 Å². The molecule has 0 bridgehead atoms. The molecular formula is C24H23F2N7. The van der Waals surface area contributed by atoms with E-state index < -0.39 is 11.6 Å². The van der Waals surface area contributed by atoms with Gasteiger partial charge in [-0.15, -0.1) is 0 Å². The van der Waals surface area contributed by atoms with Gasteiger partial charge in [0.15, 0.2) is 11.6 Å². The van der Waals surface area contributed by atoms with Gasteiger partial charge in [-0.05, 0) is 36.1 Å². The normalized spacial score (nSPS) is 15.6. The third-order valence-corrected chi connectivity index (χ3v) is 6.26. The second-order valence-corrected chi connectivity index (χ2v) is 8.76. The van der Waals surface area contributed by atoms with Crippen LogP contribution >= 0.6 is 0 Å². The van der Waals surface area contributed by atoms with E-state index in [1.165, 1.54) is 18.9 Å². The first-order valence-electron chi connectivity index (χ1n) is 11.3. The Morgan fingerprint density at radius 3 is 2.85 bits per heavy atom. The van der Waals surface area contributed by atoms with E-state index in [1.807, 2.05) is 12.1 Å². The van der Waals surface area contributed by atoms with Gasteiger partial charge in [0.2, 0.25) is 5.95 Å². The Hall–Kier alpha value is -3.46. The van der Waals surface area contributed by atoms with E-state index in [0.717, 1.165) is 61.5 Å². The number of aromatic amines is 1. The van der Waals surface area contributed by atoms with Gasteiger partial charge in [-0.1, -0.05) is 18.9 Å². The first-order valence-corrected chi connectivity index (χ1v) is 11.3. The monoisotopic (exact) mass is 447 g/mol. The number of pyridine rings is 1. The predicted octanol–water partition coefficient (Wildman–Crippen LogP) is 4.43. The van der Waals surface area contributed by atoms with Gasteiger partial charge >= 0.3 is 0 Å². The summed E-state index contributed by atoms with van der Waals surface area (Å²) in [5, 5.41) is 6.36. The molecule has 4 aromatic rings. The average molecular weight is 447 g/mol. The van der Waals surface area contributed by atoms with Crippen molar-refractivity contribution in [2.45, 2.75) is 38.6 Å². The van der Waals surface area contributed by atoms with Gasteiger partial charge in [0, 0.05) is 37.2 Å². The highest BCUT2D eigenvalue weighted by Gasteiger charge is 2.22. The fourth-order valence-electron chi connectivity index (χ4n) is 4.28. The van der Waals surface area contributed by atoms with Crippen molar-refractivity contribution < 1.29 is 8.78 Å². The fraction of sp³-hybridized carbons (Fsp3) is 0.333. The molecule has 1 aliphatic heterocycles. The van der Waals surface area contributed by atoms with Gasteiger partial charge in [0.05, 0.1) is 11.7 Å². The minimum absolute atomic E-state index is 0.0181. The minimum Gasteiger partial charge on any atom is -0.342 e. The lowest BCUT2D eigenvalue weighted by atomic mass is 10.1. The molecule has 0 amide bonds. The van der Waals surface area contributed by atoms with Crippen molar-refractivity contribution in [2.75, 3.05) is 11.9 Å². The molecule has 7 nitrogen and oxygen atoms in total. The van der Waals surface area contributed by atoms with Crippen molar-refractivity contribution >= 4 is 22.8 Å². The molecule has 168 valence electrons. The quantitative estimate of drug-likeness (QED) is 0.405. The number of aromatic nitrogens is 5. The van der Waals surface area contributed by atoms with Crippen LogP contribution in [0.2, 0.25) is 0 Å². The Balaban J connectivity index is 1.29. The number of benzene rings is 1. The van der Waals surface area contributed by atoms with Crippen molar-refractivity contribution in [3.05, 3.63) is 59.2 Å². The van der Waals surface area contributed by atoms with Crippen molar-refractivity contribution in [2.24, 2.45) is 5.92 Å². The summed E-state index contributed by atoms with van der Waals surface area (Å²) in [5.74, 6) is 1.17. The van der Waals surface area contributed by atoms with E-state index in [1.54, 1.807) is 6.07 Å². The third-order valence-electron chi connectivity index (χ3n) is 6.26. The smallest absolute Gasteiger partial charge is 0.229 e. The standard InChI is InChI=1S/C24H23F2N7/c25-16-9-15(10-19-23(16)31-20(30-19)5-3-13-1-2-13)22-17(26)12-28-24(33-22)32-21-6-4-14-11-27-8-7-18(14)29-21/h4,6,9-10,12-13,27H,1-3,5,7-8,11H2,(H,30,31)(H,28,29,32,33). The van der Waals surface area contributed by atoms with Crippen LogP contribution < -0.4 is 10.6 Å². The summed E-state index contributed by atoms with van der Waals surface area (Å²) in [6.45, 7) is 1.67. The van der Waals surface area contributed by atoms with Crippen LogP contribution in [0, 0.1) is 17.6 Å². The van der Waals surface area contributed by atoms with E-state index in [9.17, 15) is 8.78 Å². The van der Waals surface area contributed by atoms with E-state index in [0.29, 0.717) is 16.9 Å². The van der Waals surface area contributed by atoms with Crippen LogP contribution in [0.1, 0.15) is 36.3 Å². The van der Waals surface area contributed by atoms with Crippen LogP contribution in [0.3, 0.4) is 0 Å². The van der Waals surface area contributed by atoms with Gasteiger partial charge in [-0.3, -0.25) is 0 Å². The predicted molar refractivity (Wildman–Crippen MR) is 121 cm³/mol. The highest BCUT2D eigenvalue weighted by atomic mass is 19.1. The molecule has 3 N–H and O–H groups in total. The zero-order chi connectivity index (χ0) is 22.4. The number of hydrogen-bond acceptors (Lipinski definition) is 6. The van der Waals surface area contributed by atoms with Gasteiger partial charge in [-0.2, -0.15) is 0 Å². The van der Waals surface area contributed by atoms with Gasteiger partial charge in [0.25, 0.3) is 0 Å². The topological polar surface area (TPSA) is 91.4 Å². The maximum atomic E-state index is 14.8. The molecule has 6 rings (SSSR count). The van der Waals surface area contributed by atoms with E-state index in [-0.39, 0.29) is 17.2 Å². The summed E-state index contributed by atoms with van der Waals surface area (Å²) in [7, 11) is 0. The molecule has 0 unspecified atom stereocenters. The first-order chi connectivity index (χ1) is 16.1. The number of hydrogen-bond donors (Lipinski definition) is 3. The van der Waals surface area contributed by atoms with E-state index in [4.69, 9.17) is 0 Å². The SMILES string of the molecule is Fc1cnc(Nc2ccc3c(n2)CCNC3)nc1-c1cc(F)c2nc(CCC3CC3)[nH]c2c1. The maximum Gasteiger partial charge on any atom is 0.229 e. The van der Waals surface area contributed by atoms with Crippen molar-refractivity contribution in [1.29, 1.82) is 0 Å². The first kappa shape index (κ1) is 20.2. The molecule has 1 aromatic carbocycles. The lowest BCUT2D eigenvalue weighted by molar-refractivity contribution is 0.617. The molecule has 0 radical (unpaired) electrons. The van der Waals surface area contributed by atoms with Gasteiger partial charge in [0.1, 0.15) is 22.9 Å². The van der Waals surface area contributed by atoms with E-state index in [2.05, 4.69) is 35.6 Å². The van der Waals surface area contributed by atoms with Crippen LogP contribution in [0.15, 0.2) is 30.5 Å². The largest absolute Gasteiger partial charge is 0.342 e. The number of rotatable bonds is 6. The summed E-state index contributed by atoms with van der Waals surface area (Å²) in [4.78, 5) is 20.6. The number of nitrogens with one attached hydrogen (secondary N) is 3. The molecule has 0 atom stereocenters. The third kappa shape index (κ3) is 4.16. The Kier molecular flexibility index (Phi) is 4.98. The highest BCUT2D eigenvalue weighted by molar-refractivity contribution is 5.82. The van der Waals surface area contributed by atoms with Crippen LogP contribution in [-0.4, -0.2) is 31.5 Å². The summed E-state index contributed by atoms with van der Waals surface area (Å²) in [6, 6.07) is 6.81. The number of aryl methyl sites for hydroxylation is 1. The molecule has 1 aliphatic carbocycles. The summed E-state index contributed by atoms with van der Waals surface area (Å²) < 4.78 is 29.5. The number of imidazole rings is 1. The Morgan fingerprint density at radius 1 is 1.06 bits per heavy atom. The second-order valence-electron chi connectivity index (χ2n) is 8.76. The molecular weight excluding hydrogens is 424 g/mol. The summed E-state index contributed by atoms with van der Waals surface area (Å²) >= 11 is 0. The lowest BCUT2D eigenvalue weighted by Gasteiger charge is -2.17. The zero-order valence-corrected chi connectivity index (χ0v) is 18.0. The molecule has 1 saturated carbocycles. The Morgan fingerprint density at radius 2 is 1.97 bits per heavy atom. The molecule has 3 aromatic heterocycles. The van der Waals surface area contributed by atoms with Crippen LogP contribution in [0.5, 0.6) is 0 Å². The molecule has 4 heterocycles. The number of nitrogens with zero attached hydrogens (tertiary/aromatic N) is 4. The second kappa shape index (κ2) is 8.15. The number of H-pyrrole nitrogens is 1. The average Bonchev–Trinajstić information content (AvgIpc) is 3.56. The Bertz CT molecular complexity index is 1350. The van der Waals surface area contributed by atoms with E-state index >= 15 is 0 Å². The number of anilines is 2. The molecule has 2 aliphatic rings. The zero-order valence-electron chi connectivity index (χ0n) is 18.0. The van der Waals surface area contributed by atoms with Crippen LogP contribution in [0.25, 0.3) is 22.3 Å². The summed E-state index contributed by atoms with van der Waals surface area (Å²) in [6.07, 6.45) is 6.29. The number of halogens is 2. The molecule has 33 heavy (non-hydrogen) atoms. The fourth-order valence-corrected chi connectivity index (χ4v) is 4.28. The lowest BCUT2D eigenvalue weighted by Crippen LogP contribution is -2.24. The molecule has 0 spiro atoms. The summed E-state index contributed by atoms with van der Waals surface area (Å²) in [5.41, 5.74) is 3.32. The Labute approximate surface area is 189 Å². The van der Waals surface area contributed by atoms with Gasteiger partial charge < -0.3 is 15.6 Å². The number of fused-ring (bicyclic) bond motifs is 2. The molecule has 9 heteroatoms.